The summed E-state index contributed by atoms with van der Waals surface area (Å²) < 4.78 is 10.6. The lowest BCUT2D eigenvalue weighted by Gasteiger charge is -2.25. The van der Waals surface area contributed by atoms with Crippen molar-refractivity contribution in [2.45, 2.75) is 32.4 Å². The number of hydrogen-bond donors (Lipinski definition) is 0. The molecule has 21 heavy (non-hydrogen) atoms. The van der Waals surface area contributed by atoms with Crippen molar-refractivity contribution in [2.75, 3.05) is 20.8 Å². The van der Waals surface area contributed by atoms with Crippen LogP contribution in [0.25, 0.3) is 0 Å². The monoisotopic (exact) mass is 290 g/mol. The van der Waals surface area contributed by atoms with E-state index in [9.17, 15) is 0 Å². The lowest BCUT2D eigenvalue weighted by molar-refractivity contribution is 0.0980. The molecule has 6 heteroatoms. The largest absolute Gasteiger partial charge is 0.383 e. The summed E-state index contributed by atoms with van der Waals surface area (Å²) in [5.74, 6) is 1.58. The van der Waals surface area contributed by atoms with Crippen molar-refractivity contribution in [3.8, 4) is 0 Å². The van der Waals surface area contributed by atoms with Gasteiger partial charge in [-0.1, -0.05) is 25.1 Å². The molecule has 0 aliphatic heterocycles. The van der Waals surface area contributed by atoms with Gasteiger partial charge in [-0.2, -0.15) is 4.98 Å². The molecule has 0 saturated heterocycles. The molecule has 0 N–H and O–H groups in total. The third-order valence-corrected chi connectivity index (χ3v) is 3.25. The molecule has 0 spiro atoms. The average molecular weight is 290 g/mol. The first-order valence-electron chi connectivity index (χ1n) is 7.04. The molecule has 0 aliphatic rings. The predicted octanol–water partition coefficient (Wildman–Crippen LogP) is 2.41. The predicted molar refractivity (Wildman–Crippen MR) is 78.7 cm³/mol. The van der Waals surface area contributed by atoms with Crippen LogP contribution in [0, 0.1) is 0 Å². The fourth-order valence-electron chi connectivity index (χ4n) is 2.07. The summed E-state index contributed by atoms with van der Waals surface area (Å²) in [4.78, 5) is 10.9. The molecule has 2 heterocycles. The van der Waals surface area contributed by atoms with Crippen molar-refractivity contribution in [1.29, 1.82) is 0 Å². The zero-order valence-electron chi connectivity index (χ0n) is 13.0. The number of pyridine rings is 1. The molecule has 0 saturated carbocycles. The van der Waals surface area contributed by atoms with Crippen LogP contribution in [0.15, 0.2) is 28.9 Å². The number of nitrogens with zero attached hydrogens (tertiary/aromatic N) is 4. The molecule has 0 fully saturated rings. The van der Waals surface area contributed by atoms with E-state index in [0.717, 1.165) is 5.69 Å². The van der Waals surface area contributed by atoms with Crippen LogP contribution in [0.2, 0.25) is 0 Å². The maximum absolute atomic E-state index is 5.31. The molecular weight excluding hydrogens is 268 g/mol. The number of rotatable bonds is 7. The van der Waals surface area contributed by atoms with E-state index in [0.29, 0.717) is 24.9 Å². The highest BCUT2D eigenvalue weighted by atomic mass is 16.5. The Kier molecular flexibility index (Phi) is 5.41. The summed E-state index contributed by atoms with van der Waals surface area (Å²) in [6.07, 6.45) is 1.79. The van der Waals surface area contributed by atoms with Crippen LogP contribution in [0.3, 0.4) is 0 Å². The smallest absolute Gasteiger partial charge is 0.229 e. The van der Waals surface area contributed by atoms with Crippen molar-refractivity contribution < 1.29 is 9.26 Å². The Labute approximate surface area is 125 Å². The Balaban J connectivity index is 2.09. The molecule has 6 nitrogen and oxygen atoms in total. The molecule has 1 atom stereocenters. The van der Waals surface area contributed by atoms with Gasteiger partial charge in [0.25, 0.3) is 0 Å². The van der Waals surface area contributed by atoms with Gasteiger partial charge in [0, 0.05) is 19.2 Å². The molecule has 0 bridgehead atoms. The maximum Gasteiger partial charge on any atom is 0.229 e. The highest BCUT2D eigenvalue weighted by Crippen LogP contribution is 2.19. The van der Waals surface area contributed by atoms with Gasteiger partial charge in [0.05, 0.1) is 24.9 Å². The first kappa shape index (κ1) is 15.6. The number of methoxy groups -OCH3 is 1. The van der Waals surface area contributed by atoms with Gasteiger partial charge in [-0.3, -0.25) is 9.88 Å². The van der Waals surface area contributed by atoms with Gasteiger partial charge in [-0.05, 0) is 19.2 Å². The van der Waals surface area contributed by atoms with E-state index < -0.39 is 0 Å². The van der Waals surface area contributed by atoms with Gasteiger partial charge in [-0.15, -0.1) is 0 Å². The second kappa shape index (κ2) is 7.28. The number of aromatic nitrogens is 3. The Morgan fingerprint density at radius 1 is 1.33 bits per heavy atom. The van der Waals surface area contributed by atoms with Crippen LogP contribution < -0.4 is 0 Å². The normalized spacial score (nSPS) is 13.0. The Morgan fingerprint density at radius 2 is 2.14 bits per heavy atom. The van der Waals surface area contributed by atoms with E-state index in [-0.39, 0.29) is 12.0 Å². The van der Waals surface area contributed by atoms with Crippen LogP contribution in [0.5, 0.6) is 0 Å². The molecule has 2 aromatic rings. The average Bonchev–Trinajstić information content (AvgIpc) is 2.94. The summed E-state index contributed by atoms with van der Waals surface area (Å²) in [5.41, 5.74) is 0.967. The minimum absolute atomic E-state index is 0.0530. The third kappa shape index (κ3) is 4.09. The van der Waals surface area contributed by atoms with Crippen LogP contribution in [-0.2, 0) is 11.3 Å². The van der Waals surface area contributed by atoms with Crippen LogP contribution in [0.4, 0.5) is 0 Å². The van der Waals surface area contributed by atoms with Crippen molar-refractivity contribution in [2.24, 2.45) is 0 Å². The van der Waals surface area contributed by atoms with Crippen molar-refractivity contribution in [3.05, 3.63) is 41.8 Å². The lowest BCUT2D eigenvalue weighted by Crippen LogP contribution is -2.28. The Bertz CT molecular complexity index is 542. The molecule has 0 unspecified atom stereocenters. The summed E-state index contributed by atoms with van der Waals surface area (Å²) in [6.45, 7) is 5.20. The third-order valence-electron chi connectivity index (χ3n) is 3.25. The number of ether oxygens (including phenoxy) is 1. The number of hydrogen-bond acceptors (Lipinski definition) is 6. The number of likely N-dealkylation sites (N-methyl/N-ethyl adjacent to an activating group) is 1. The Morgan fingerprint density at radius 3 is 2.71 bits per heavy atom. The first-order chi connectivity index (χ1) is 10.1. The van der Waals surface area contributed by atoms with Crippen LogP contribution in [-0.4, -0.2) is 40.8 Å². The summed E-state index contributed by atoms with van der Waals surface area (Å²) in [7, 11) is 3.69. The summed E-state index contributed by atoms with van der Waals surface area (Å²) in [5, 5.41) is 4.02. The summed E-state index contributed by atoms with van der Waals surface area (Å²) in [6, 6.07) is 5.93. The van der Waals surface area contributed by atoms with Crippen molar-refractivity contribution >= 4 is 0 Å². The van der Waals surface area contributed by atoms with Gasteiger partial charge in [0.2, 0.25) is 5.89 Å². The highest BCUT2D eigenvalue weighted by molar-refractivity contribution is 5.09. The second-order valence-corrected chi connectivity index (χ2v) is 5.34. The van der Waals surface area contributed by atoms with E-state index in [1.54, 1.807) is 13.3 Å². The molecule has 114 valence electrons. The molecule has 0 aromatic carbocycles. The van der Waals surface area contributed by atoms with Crippen molar-refractivity contribution in [3.63, 3.8) is 0 Å². The topological polar surface area (TPSA) is 64.3 Å². The SMILES string of the molecule is COC[C@H](c1ccccn1)N(C)Cc1noc(C(C)C)n1. The fourth-order valence-corrected chi connectivity index (χ4v) is 2.07. The van der Waals surface area contributed by atoms with E-state index in [4.69, 9.17) is 9.26 Å². The fraction of sp³-hybridized carbons (Fsp3) is 0.533. The van der Waals surface area contributed by atoms with Gasteiger partial charge >= 0.3 is 0 Å². The van der Waals surface area contributed by atoms with Crippen LogP contribution >= 0.6 is 0 Å². The van der Waals surface area contributed by atoms with Gasteiger partial charge in [-0.25, -0.2) is 0 Å². The minimum atomic E-state index is 0.0530. The molecule has 2 rings (SSSR count). The maximum atomic E-state index is 5.31. The zero-order chi connectivity index (χ0) is 15.2. The van der Waals surface area contributed by atoms with Gasteiger partial charge in [0.15, 0.2) is 5.82 Å². The highest BCUT2D eigenvalue weighted by Gasteiger charge is 2.20. The molecule has 0 aliphatic carbocycles. The lowest BCUT2D eigenvalue weighted by atomic mass is 10.1. The quantitative estimate of drug-likeness (QED) is 0.780. The van der Waals surface area contributed by atoms with Crippen molar-refractivity contribution in [1.82, 2.24) is 20.0 Å². The van der Waals surface area contributed by atoms with Crippen LogP contribution in [0.1, 0.15) is 43.2 Å². The van der Waals surface area contributed by atoms with E-state index >= 15 is 0 Å². The molecule has 0 radical (unpaired) electrons. The van der Waals surface area contributed by atoms with E-state index in [1.807, 2.05) is 39.1 Å². The first-order valence-corrected chi connectivity index (χ1v) is 7.04. The molecule has 2 aromatic heterocycles. The molecular formula is C15H22N4O2. The van der Waals surface area contributed by atoms with Gasteiger partial charge in [0.1, 0.15) is 0 Å². The molecule has 0 amide bonds. The Hall–Kier alpha value is -1.79. The second-order valence-electron chi connectivity index (χ2n) is 5.34. The van der Waals surface area contributed by atoms with Gasteiger partial charge < -0.3 is 9.26 Å². The zero-order valence-corrected chi connectivity index (χ0v) is 13.0. The minimum Gasteiger partial charge on any atom is -0.383 e. The summed E-state index contributed by atoms with van der Waals surface area (Å²) >= 11 is 0. The van der Waals surface area contributed by atoms with E-state index in [1.165, 1.54) is 0 Å². The standard InChI is InChI=1S/C15H22N4O2/c1-11(2)15-17-14(18-21-15)9-19(3)13(10-20-4)12-7-5-6-8-16-12/h5-8,11,13H,9-10H2,1-4H3/t13-/m1/s1. The van der Waals surface area contributed by atoms with E-state index in [2.05, 4.69) is 20.0 Å².